The van der Waals surface area contributed by atoms with Crippen LogP contribution in [-0.4, -0.2) is 24.9 Å². The Hall–Kier alpha value is -1.06. The lowest BCUT2D eigenvalue weighted by atomic mass is 9.96. The molecule has 2 N–H and O–H groups in total. The van der Waals surface area contributed by atoms with Crippen LogP contribution in [0.4, 0.5) is 0 Å². The number of amides is 2. The summed E-state index contributed by atoms with van der Waals surface area (Å²) in [5.74, 6) is -0.218. The number of rotatable bonds is 2. The van der Waals surface area contributed by atoms with Crippen LogP contribution >= 0.6 is 0 Å². The molecule has 0 bridgehead atoms. The van der Waals surface area contributed by atoms with Gasteiger partial charge in [0.1, 0.15) is 0 Å². The van der Waals surface area contributed by atoms with Gasteiger partial charge < -0.3 is 10.6 Å². The van der Waals surface area contributed by atoms with E-state index in [1.807, 2.05) is 0 Å². The lowest BCUT2D eigenvalue weighted by Crippen LogP contribution is -2.37. The average Bonchev–Trinajstić information content (AvgIpc) is 2.46. The molecular formula is C10H18N2O2. The molecule has 14 heavy (non-hydrogen) atoms. The summed E-state index contributed by atoms with van der Waals surface area (Å²) < 4.78 is 0. The zero-order valence-corrected chi connectivity index (χ0v) is 9.02. The van der Waals surface area contributed by atoms with Crippen LogP contribution in [0.1, 0.15) is 27.2 Å². The molecule has 0 radical (unpaired) electrons. The maximum atomic E-state index is 11.5. The predicted molar refractivity (Wildman–Crippen MR) is 53.6 cm³/mol. The Morgan fingerprint density at radius 3 is 2.64 bits per heavy atom. The molecular weight excluding hydrogens is 180 g/mol. The third kappa shape index (κ3) is 3.36. The second-order valence-electron chi connectivity index (χ2n) is 4.98. The lowest BCUT2D eigenvalue weighted by Gasteiger charge is -2.19. The molecule has 1 fully saturated rings. The minimum Gasteiger partial charge on any atom is -0.355 e. The predicted octanol–water partition coefficient (Wildman–Crippen LogP) is 0.285. The topological polar surface area (TPSA) is 58.2 Å². The summed E-state index contributed by atoms with van der Waals surface area (Å²) >= 11 is 0. The summed E-state index contributed by atoms with van der Waals surface area (Å²) in [5.41, 5.74) is 0.0890. The van der Waals surface area contributed by atoms with Crippen LogP contribution in [0, 0.1) is 11.3 Å². The quantitative estimate of drug-likeness (QED) is 0.670. The van der Waals surface area contributed by atoms with Gasteiger partial charge in [0, 0.05) is 19.5 Å². The first-order valence-electron chi connectivity index (χ1n) is 4.93. The summed E-state index contributed by atoms with van der Waals surface area (Å²) in [6.07, 6.45) is 0.329. The van der Waals surface area contributed by atoms with Crippen molar-refractivity contribution in [1.29, 1.82) is 0 Å². The van der Waals surface area contributed by atoms with E-state index in [0.29, 0.717) is 19.5 Å². The maximum Gasteiger partial charge on any atom is 0.225 e. The Bertz CT molecular complexity index is 243. The van der Waals surface area contributed by atoms with Crippen LogP contribution in [0.15, 0.2) is 0 Å². The van der Waals surface area contributed by atoms with Crippen molar-refractivity contribution < 1.29 is 9.59 Å². The van der Waals surface area contributed by atoms with Crippen molar-refractivity contribution in [1.82, 2.24) is 10.6 Å². The molecule has 1 aliphatic heterocycles. The van der Waals surface area contributed by atoms with E-state index in [2.05, 4.69) is 31.4 Å². The van der Waals surface area contributed by atoms with Gasteiger partial charge >= 0.3 is 0 Å². The Labute approximate surface area is 84.4 Å². The first-order chi connectivity index (χ1) is 6.38. The normalized spacial score (nSPS) is 21.9. The van der Waals surface area contributed by atoms with E-state index in [1.54, 1.807) is 0 Å². The minimum atomic E-state index is -0.176. The SMILES string of the molecule is CC(C)(C)CNC(=O)C1CNC(=O)C1. The van der Waals surface area contributed by atoms with Gasteiger partial charge in [-0.05, 0) is 5.41 Å². The fourth-order valence-electron chi connectivity index (χ4n) is 1.29. The van der Waals surface area contributed by atoms with E-state index in [4.69, 9.17) is 0 Å². The van der Waals surface area contributed by atoms with Crippen LogP contribution in [-0.2, 0) is 9.59 Å². The molecule has 1 aliphatic rings. The van der Waals surface area contributed by atoms with Crippen molar-refractivity contribution in [2.75, 3.05) is 13.1 Å². The molecule has 4 heteroatoms. The fraction of sp³-hybridized carbons (Fsp3) is 0.800. The molecule has 1 rings (SSSR count). The van der Waals surface area contributed by atoms with Gasteiger partial charge in [0.25, 0.3) is 0 Å². The van der Waals surface area contributed by atoms with E-state index >= 15 is 0 Å². The standard InChI is InChI=1S/C10H18N2O2/c1-10(2,3)6-12-9(14)7-4-8(13)11-5-7/h7H,4-6H2,1-3H3,(H,11,13)(H,12,14). The first-order valence-corrected chi connectivity index (χ1v) is 4.93. The average molecular weight is 198 g/mol. The lowest BCUT2D eigenvalue weighted by molar-refractivity contribution is -0.126. The van der Waals surface area contributed by atoms with Crippen LogP contribution in [0.25, 0.3) is 0 Å². The molecule has 0 aromatic carbocycles. The smallest absolute Gasteiger partial charge is 0.225 e. The number of hydrogen-bond acceptors (Lipinski definition) is 2. The van der Waals surface area contributed by atoms with E-state index in [0.717, 1.165) is 0 Å². The van der Waals surface area contributed by atoms with Gasteiger partial charge in [0.05, 0.1) is 5.92 Å². The highest BCUT2D eigenvalue weighted by atomic mass is 16.2. The van der Waals surface area contributed by atoms with Gasteiger partial charge in [-0.15, -0.1) is 0 Å². The summed E-state index contributed by atoms with van der Waals surface area (Å²) in [4.78, 5) is 22.4. The Morgan fingerprint density at radius 1 is 1.57 bits per heavy atom. The number of hydrogen-bond donors (Lipinski definition) is 2. The Kier molecular flexibility index (Phi) is 3.13. The van der Waals surface area contributed by atoms with Gasteiger partial charge in [-0.3, -0.25) is 9.59 Å². The largest absolute Gasteiger partial charge is 0.355 e. The molecule has 0 aromatic rings. The molecule has 1 unspecified atom stereocenters. The molecule has 1 saturated heterocycles. The zero-order valence-electron chi connectivity index (χ0n) is 9.02. The molecule has 80 valence electrons. The highest BCUT2D eigenvalue weighted by molar-refractivity contribution is 5.89. The summed E-state index contributed by atoms with van der Waals surface area (Å²) in [6, 6.07) is 0. The summed E-state index contributed by atoms with van der Waals surface area (Å²) in [5, 5.41) is 5.50. The fourth-order valence-corrected chi connectivity index (χ4v) is 1.29. The zero-order chi connectivity index (χ0) is 10.8. The Balaban J connectivity index is 2.32. The summed E-state index contributed by atoms with van der Waals surface area (Å²) in [7, 11) is 0. The van der Waals surface area contributed by atoms with Crippen LogP contribution in [0.2, 0.25) is 0 Å². The van der Waals surface area contributed by atoms with Gasteiger partial charge in [0.15, 0.2) is 0 Å². The Morgan fingerprint density at radius 2 is 2.21 bits per heavy atom. The van der Waals surface area contributed by atoms with E-state index < -0.39 is 0 Å². The van der Waals surface area contributed by atoms with Crippen molar-refractivity contribution in [3.8, 4) is 0 Å². The molecule has 0 spiro atoms. The van der Waals surface area contributed by atoms with Crippen molar-refractivity contribution in [2.45, 2.75) is 27.2 Å². The molecule has 1 atom stereocenters. The molecule has 0 aromatic heterocycles. The van der Waals surface area contributed by atoms with Crippen molar-refractivity contribution >= 4 is 11.8 Å². The van der Waals surface area contributed by atoms with Crippen LogP contribution in [0.5, 0.6) is 0 Å². The van der Waals surface area contributed by atoms with E-state index in [-0.39, 0.29) is 23.1 Å². The third-order valence-corrected chi connectivity index (χ3v) is 2.14. The highest BCUT2D eigenvalue weighted by Gasteiger charge is 2.28. The van der Waals surface area contributed by atoms with Gasteiger partial charge in [0.2, 0.25) is 11.8 Å². The molecule has 0 aliphatic carbocycles. The van der Waals surface area contributed by atoms with Gasteiger partial charge in [-0.25, -0.2) is 0 Å². The number of carbonyl (C=O) groups excluding carboxylic acids is 2. The third-order valence-electron chi connectivity index (χ3n) is 2.14. The highest BCUT2D eigenvalue weighted by Crippen LogP contribution is 2.12. The van der Waals surface area contributed by atoms with Crippen molar-refractivity contribution in [3.05, 3.63) is 0 Å². The monoisotopic (exact) mass is 198 g/mol. The van der Waals surface area contributed by atoms with Crippen molar-refractivity contribution in [3.63, 3.8) is 0 Å². The van der Waals surface area contributed by atoms with Crippen LogP contribution in [0.3, 0.4) is 0 Å². The van der Waals surface area contributed by atoms with Gasteiger partial charge in [-0.2, -0.15) is 0 Å². The second kappa shape index (κ2) is 3.98. The molecule has 0 saturated carbocycles. The van der Waals surface area contributed by atoms with E-state index in [1.165, 1.54) is 0 Å². The van der Waals surface area contributed by atoms with Gasteiger partial charge in [-0.1, -0.05) is 20.8 Å². The maximum absolute atomic E-state index is 11.5. The molecule has 4 nitrogen and oxygen atoms in total. The number of carbonyl (C=O) groups is 2. The second-order valence-corrected chi connectivity index (χ2v) is 4.98. The van der Waals surface area contributed by atoms with Crippen LogP contribution < -0.4 is 10.6 Å². The first kappa shape index (κ1) is 11.0. The molecule has 2 amide bonds. The minimum absolute atomic E-state index is 0.0155. The summed E-state index contributed by atoms with van der Waals surface area (Å²) in [6.45, 7) is 7.31. The van der Waals surface area contributed by atoms with E-state index in [9.17, 15) is 9.59 Å². The van der Waals surface area contributed by atoms with Crippen molar-refractivity contribution in [2.24, 2.45) is 11.3 Å². The molecule has 1 heterocycles. The number of nitrogens with one attached hydrogen (secondary N) is 2.